The maximum absolute atomic E-state index is 13.0. The first-order valence-corrected chi connectivity index (χ1v) is 7.07. The van der Waals surface area contributed by atoms with Crippen LogP contribution in [0.15, 0.2) is 24.3 Å². The average Bonchev–Trinajstić information content (AvgIpc) is 2.39. The van der Waals surface area contributed by atoms with Crippen LogP contribution < -0.4 is 0 Å². The minimum absolute atomic E-state index is 0.212. The van der Waals surface area contributed by atoms with Crippen LogP contribution in [0.4, 0.5) is 4.39 Å². The molecule has 1 unspecified atom stereocenters. The Kier molecular flexibility index (Phi) is 6.78. The van der Waals surface area contributed by atoms with E-state index >= 15 is 0 Å². The second kappa shape index (κ2) is 8.10. The maximum Gasteiger partial charge on any atom is 0.305 e. The molecule has 0 amide bonds. The normalized spacial score (nSPS) is 13.0. The smallest absolute Gasteiger partial charge is 0.305 e. The first-order valence-electron chi connectivity index (χ1n) is 7.07. The molecule has 0 radical (unpaired) electrons. The van der Waals surface area contributed by atoms with Crippen LogP contribution in [-0.4, -0.2) is 18.2 Å². The molecule has 0 heterocycles. The molecule has 0 aromatic heterocycles. The Morgan fingerprint density at radius 2 is 1.86 bits per heavy atom. The molecule has 0 fully saturated rings. The van der Waals surface area contributed by atoms with Gasteiger partial charge < -0.3 is 4.74 Å². The molecule has 1 rings (SSSR count). The monoisotopic (exact) mass is 298 g/mol. The SMILES string of the molecule is CCOC(=O)CCC(OOC(C)(C)C)c1ccc(F)cc1. The largest absolute Gasteiger partial charge is 0.466 e. The minimum atomic E-state index is -0.470. The lowest BCUT2D eigenvalue weighted by Gasteiger charge is -2.23. The Labute approximate surface area is 125 Å². The Bertz CT molecular complexity index is 437. The standard InChI is InChI=1S/C16H23FO4/c1-5-19-15(18)11-10-14(20-21-16(2,3)4)12-6-8-13(17)9-7-12/h6-9,14H,5,10-11H2,1-4H3. The predicted octanol–water partition coefficient (Wildman–Crippen LogP) is 3.96. The van der Waals surface area contributed by atoms with Gasteiger partial charge in [-0.25, -0.2) is 14.2 Å². The van der Waals surface area contributed by atoms with Crippen molar-refractivity contribution < 1.29 is 23.7 Å². The molecule has 1 aromatic rings. The second-order valence-corrected chi connectivity index (χ2v) is 5.68. The molecule has 0 aliphatic rings. The van der Waals surface area contributed by atoms with Gasteiger partial charge in [-0.05, 0) is 51.8 Å². The predicted molar refractivity (Wildman–Crippen MR) is 76.9 cm³/mol. The highest BCUT2D eigenvalue weighted by atomic mass is 19.1. The molecule has 0 aliphatic heterocycles. The molecule has 118 valence electrons. The number of ether oxygens (including phenoxy) is 1. The lowest BCUT2D eigenvalue weighted by atomic mass is 10.1. The topological polar surface area (TPSA) is 44.8 Å². The molecule has 0 aliphatic carbocycles. The summed E-state index contributed by atoms with van der Waals surface area (Å²) in [5, 5.41) is 0. The van der Waals surface area contributed by atoms with E-state index in [1.165, 1.54) is 12.1 Å². The second-order valence-electron chi connectivity index (χ2n) is 5.68. The van der Waals surface area contributed by atoms with E-state index in [1.54, 1.807) is 19.1 Å². The summed E-state index contributed by atoms with van der Waals surface area (Å²) in [6.45, 7) is 7.69. The van der Waals surface area contributed by atoms with Gasteiger partial charge in [0.1, 0.15) is 11.9 Å². The van der Waals surface area contributed by atoms with Gasteiger partial charge in [-0.3, -0.25) is 4.79 Å². The van der Waals surface area contributed by atoms with Crippen LogP contribution in [0.2, 0.25) is 0 Å². The third-order valence-electron chi connectivity index (χ3n) is 2.57. The fourth-order valence-electron chi connectivity index (χ4n) is 1.63. The number of halogens is 1. The molecule has 0 spiro atoms. The van der Waals surface area contributed by atoms with Crippen molar-refractivity contribution in [3.8, 4) is 0 Å². The summed E-state index contributed by atoms with van der Waals surface area (Å²) in [6.07, 6.45) is 0.165. The van der Waals surface area contributed by atoms with Crippen LogP contribution in [-0.2, 0) is 19.3 Å². The van der Waals surface area contributed by atoms with Gasteiger partial charge in [-0.2, -0.15) is 0 Å². The zero-order valence-electron chi connectivity index (χ0n) is 13.0. The maximum atomic E-state index is 13.0. The van der Waals surface area contributed by atoms with Crippen molar-refractivity contribution in [3.63, 3.8) is 0 Å². The van der Waals surface area contributed by atoms with Gasteiger partial charge >= 0.3 is 5.97 Å². The lowest BCUT2D eigenvalue weighted by molar-refractivity contribution is -0.376. The Balaban J connectivity index is 2.69. The highest BCUT2D eigenvalue weighted by Gasteiger charge is 2.20. The van der Waals surface area contributed by atoms with E-state index in [1.807, 2.05) is 20.8 Å². The average molecular weight is 298 g/mol. The van der Waals surface area contributed by atoms with E-state index in [2.05, 4.69) is 0 Å². The number of hydrogen-bond donors (Lipinski definition) is 0. The van der Waals surface area contributed by atoms with Crippen LogP contribution in [0.1, 0.15) is 52.2 Å². The van der Waals surface area contributed by atoms with Gasteiger partial charge in [0.25, 0.3) is 0 Å². The highest BCUT2D eigenvalue weighted by molar-refractivity contribution is 5.69. The van der Waals surface area contributed by atoms with Gasteiger partial charge in [0.15, 0.2) is 0 Å². The number of hydrogen-bond acceptors (Lipinski definition) is 4. The quantitative estimate of drug-likeness (QED) is 0.434. The van der Waals surface area contributed by atoms with Crippen molar-refractivity contribution in [2.45, 2.75) is 52.2 Å². The Morgan fingerprint density at radius 1 is 1.24 bits per heavy atom. The van der Waals surface area contributed by atoms with E-state index in [0.29, 0.717) is 13.0 Å². The zero-order chi connectivity index (χ0) is 15.9. The molecule has 0 bridgehead atoms. The van der Waals surface area contributed by atoms with E-state index in [0.717, 1.165) is 5.56 Å². The lowest BCUT2D eigenvalue weighted by Crippen LogP contribution is -2.21. The Hall–Kier alpha value is -1.46. The Morgan fingerprint density at radius 3 is 2.38 bits per heavy atom. The van der Waals surface area contributed by atoms with Crippen LogP contribution in [0.25, 0.3) is 0 Å². The number of esters is 1. The molecule has 0 N–H and O–H groups in total. The van der Waals surface area contributed by atoms with Crippen molar-refractivity contribution in [3.05, 3.63) is 35.6 Å². The van der Waals surface area contributed by atoms with E-state index in [4.69, 9.17) is 14.5 Å². The fourth-order valence-corrected chi connectivity index (χ4v) is 1.63. The van der Waals surface area contributed by atoms with Gasteiger partial charge in [0, 0.05) is 6.42 Å². The molecule has 5 heteroatoms. The molecule has 1 atom stereocenters. The summed E-state index contributed by atoms with van der Waals surface area (Å²) in [7, 11) is 0. The van der Waals surface area contributed by atoms with E-state index in [-0.39, 0.29) is 18.2 Å². The van der Waals surface area contributed by atoms with Crippen LogP contribution in [0, 0.1) is 5.82 Å². The van der Waals surface area contributed by atoms with E-state index < -0.39 is 11.7 Å². The van der Waals surface area contributed by atoms with Gasteiger partial charge in [0.05, 0.1) is 12.2 Å². The molecular formula is C16H23FO4. The first-order chi connectivity index (χ1) is 9.81. The van der Waals surface area contributed by atoms with Gasteiger partial charge in [-0.15, -0.1) is 0 Å². The summed E-state index contributed by atoms with van der Waals surface area (Å²) in [6, 6.07) is 5.95. The molecule has 21 heavy (non-hydrogen) atoms. The first kappa shape index (κ1) is 17.6. The third-order valence-corrected chi connectivity index (χ3v) is 2.57. The fraction of sp³-hybridized carbons (Fsp3) is 0.562. The summed E-state index contributed by atoms with van der Waals surface area (Å²) < 4.78 is 17.9. The van der Waals surface area contributed by atoms with Crippen molar-refractivity contribution in [2.24, 2.45) is 0 Å². The summed E-state index contributed by atoms with van der Waals surface area (Å²) in [5.74, 6) is -0.608. The van der Waals surface area contributed by atoms with Gasteiger partial charge in [-0.1, -0.05) is 12.1 Å². The van der Waals surface area contributed by atoms with Crippen molar-refractivity contribution >= 4 is 5.97 Å². The number of carbonyl (C=O) groups is 1. The van der Waals surface area contributed by atoms with Gasteiger partial charge in [0.2, 0.25) is 0 Å². The molecule has 4 nitrogen and oxygen atoms in total. The zero-order valence-corrected chi connectivity index (χ0v) is 13.0. The molecule has 0 saturated carbocycles. The summed E-state index contributed by atoms with van der Waals surface area (Å²) in [4.78, 5) is 22.2. The van der Waals surface area contributed by atoms with Crippen LogP contribution in [0.5, 0.6) is 0 Å². The van der Waals surface area contributed by atoms with Crippen LogP contribution >= 0.6 is 0 Å². The molecule has 1 aromatic carbocycles. The molecular weight excluding hydrogens is 275 g/mol. The highest BCUT2D eigenvalue weighted by Crippen LogP contribution is 2.26. The number of rotatable bonds is 7. The van der Waals surface area contributed by atoms with Crippen LogP contribution in [0.3, 0.4) is 0 Å². The van der Waals surface area contributed by atoms with E-state index in [9.17, 15) is 9.18 Å². The van der Waals surface area contributed by atoms with Crippen molar-refractivity contribution in [2.75, 3.05) is 6.61 Å². The van der Waals surface area contributed by atoms with Crippen molar-refractivity contribution in [1.82, 2.24) is 0 Å². The molecule has 0 saturated heterocycles. The third kappa shape index (κ3) is 7.20. The summed E-state index contributed by atoms with van der Waals surface area (Å²) in [5.41, 5.74) is 0.285. The number of benzene rings is 1. The summed E-state index contributed by atoms with van der Waals surface area (Å²) >= 11 is 0. The number of carbonyl (C=O) groups excluding carboxylic acids is 1. The van der Waals surface area contributed by atoms with Crippen molar-refractivity contribution in [1.29, 1.82) is 0 Å². The minimum Gasteiger partial charge on any atom is -0.466 e.